The maximum Gasteiger partial charge on any atom is -0.0133 e. The van der Waals surface area contributed by atoms with Crippen LogP contribution in [-0.2, 0) is 0 Å². The lowest BCUT2D eigenvalue weighted by molar-refractivity contribution is 1.05. The van der Waals surface area contributed by atoms with Crippen molar-refractivity contribution in [1.82, 2.24) is 0 Å². The monoisotopic (exact) mass is 122 g/mol. The summed E-state index contributed by atoms with van der Waals surface area (Å²) in [7, 11) is 0. The molecule has 0 aromatic rings. The first-order valence-corrected chi connectivity index (χ1v) is 3.28. The Morgan fingerprint density at radius 1 is 1.56 bits per heavy atom. The Bertz CT molecular complexity index is 118. The lowest BCUT2D eigenvalue weighted by Crippen LogP contribution is -1.68. The van der Waals surface area contributed by atoms with E-state index in [9.17, 15) is 0 Å². The molecule has 0 spiro atoms. The molecule has 0 aliphatic heterocycles. The van der Waals surface area contributed by atoms with Gasteiger partial charge in [0, 0.05) is 0 Å². The van der Waals surface area contributed by atoms with Gasteiger partial charge in [-0.05, 0) is 12.8 Å². The topological polar surface area (TPSA) is 0 Å². The maximum atomic E-state index is 3.00. The fraction of sp³-hybridized carbons (Fsp3) is 0.333. The minimum Gasteiger partial charge on any atom is -0.106 e. The second-order valence-electron chi connectivity index (χ2n) is 1.81. The van der Waals surface area contributed by atoms with Gasteiger partial charge in [0.05, 0.1) is 0 Å². The van der Waals surface area contributed by atoms with E-state index in [2.05, 4.69) is 38.3 Å². The van der Waals surface area contributed by atoms with Crippen molar-refractivity contribution in [2.24, 2.45) is 0 Å². The molecule has 1 rings (SSSR count). The molecule has 0 bridgehead atoms. The van der Waals surface area contributed by atoms with Crippen LogP contribution in [0.3, 0.4) is 0 Å². The summed E-state index contributed by atoms with van der Waals surface area (Å²) in [5.41, 5.74) is 1.56. The number of allylic oxidation sites excluding steroid dienone is 4. The molecule has 0 fully saturated rings. The third-order valence-electron chi connectivity index (χ3n) is 1.30. The minimum atomic E-state index is 1.19. The van der Waals surface area contributed by atoms with Crippen molar-refractivity contribution >= 4 is 0 Å². The van der Waals surface area contributed by atoms with Gasteiger partial charge in [0.25, 0.3) is 0 Å². The van der Waals surface area contributed by atoms with Crippen LogP contribution in [0.4, 0.5) is 0 Å². The molecule has 0 aromatic carbocycles. The third-order valence-corrected chi connectivity index (χ3v) is 1.30. The third kappa shape index (κ3) is 2.91. The fourth-order valence-electron chi connectivity index (χ4n) is 0.754. The van der Waals surface area contributed by atoms with Crippen molar-refractivity contribution in [2.75, 3.05) is 0 Å². The van der Waals surface area contributed by atoms with Gasteiger partial charge in [-0.1, -0.05) is 30.7 Å². The van der Waals surface area contributed by atoms with Crippen LogP contribution in [-0.4, -0.2) is 0 Å². The molecule has 0 atom stereocenters. The van der Waals surface area contributed by atoms with Crippen LogP contribution in [0.25, 0.3) is 0 Å². The molecule has 0 unspecified atom stereocenters. The van der Waals surface area contributed by atoms with E-state index in [4.69, 9.17) is 0 Å². The van der Waals surface area contributed by atoms with Crippen LogP contribution < -0.4 is 0 Å². The van der Waals surface area contributed by atoms with E-state index in [1.165, 1.54) is 12.8 Å². The zero-order chi connectivity index (χ0) is 7.11. The molecule has 50 valence electrons. The van der Waals surface area contributed by atoms with Crippen molar-refractivity contribution < 1.29 is 0 Å². The van der Waals surface area contributed by atoms with Gasteiger partial charge in [0.1, 0.15) is 0 Å². The van der Waals surface area contributed by atoms with Crippen molar-refractivity contribution in [2.45, 2.75) is 19.8 Å². The Labute approximate surface area is 57.6 Å². The largest absolute Gasteiger partial charge is 0.106 e. The van der Waals surface area contributed by atoms with E-state index in [-0.39, 0.29) is 0 Å². The first kappa shape index (κ1) is 8.22. The molecule has 0 aromatic heterocycles. The zero-order valence-corrected chi connectivity index (χ0v) is 6.06. The Kier molecular flexibility index (Phi) is 4.89. The molecule has 0 amide bonds. The molecular weight excluding hydrogens is 108 g/mol. The predicted molar refractivity (Wildman–Crippen MR) is 43.4 cm³/mol. The van der Waals surface area contributed by atoms with Gasteiger partial charge in [0.2, 0.25) is 0 Å². The van der Waals surface area contributed by atoms with E-state index in [1.54, 1.807) is 5.57 Å². The van der Waals surface area contributed by atoms with Gasteiger partial charge >= 0.3 is 0 Å². The Morgan fingerprint density at radius 2 is 2.22 bits per heavy atom. The van der Waals surface area contributed by atoms with E-state index < -0.39 is 0 Å². The predicted octanol–water partition coefficient (Wildman–Crippen LogP) is 3.08. The summed E-state index contributed by atoms with van der Waals surface area (Å²) in [5.74, 6) is 0. The smallest absolute Gasteiger partial charge is 0.0133 e. The maximum absolute atomic E-state index is 3.00. The Morgan fingerprint density at radius 3 is 2.44 bits per heavy atom. The Hall–Kier alpha value is -0.780. The van der Waals surface area contributed by atoms with Gasteiger partial charge in [-0.3, -0.25) is 0 Å². The van der Waals surface area contributed by atoms with Crippen LogP contribution in [0.1, 0.15) is 19.8 Å². The number of rotatable bonds is 1. The quantitative estimate of drug-likeness (QED) is 0.469. The highest BCUT2D eigenvalue weighted by atomic mass is 14.0. The lowest BCUT2D eigenvalue weighted by Gasteiger charge is -1.88. The standard InChI is InChI=1S/C7H10.C2H4/c1-2-7-5-3-4-6-7;1-2/h3-5H,2,6H2,1H3;1-2H2. The SMILES string of the molecule is C=C.CCC1=CC=CC1. The fourth-order valence-corrected chi connectivity index (χ4v) is 0.754. The van der Waals surface area contributed by atoms with E-state index >= 15 is 0 Å². The van der Waals surface area contributed by atoms with Gasteiger partial charge in [-0.25, -0.2) is 0 Å². The molecule has 0 saturated carbocycles. The molecule has 0 heterocycles. The Balaban J connectivity index is 0.000000291. The summed E-state index contributed by atoms with van der Waals surface area (Å²) in [4.78, 5) is 0. The van der Waals surface area contributed by atoms with Crippen molar-refractivity contribution in [3.63, 3.8) is 0 Å². The zero-order valence-electron chi connectivity index (χ0n) is 6.06. The van der Waals surface area contributed by atoms with Crippen molar-refractivity contribution in [1.29, 1.82) is 0 Å². The van der Waals surface area contributed by atoms with E-state index in [1.807, 2.05) is 0 Å². The molecule has 0 saturated heterocycles. The second kappa shape index (κ2) is 5.36. The summed E-state index contributed by atoms with van der Waals surface area (Å²) in [5, 5.41) is 0. The summed E-state index contributed by atoms with van der Waals surface area (Å²) in [6.07, 6.45) is 8.92. The van der Waals surface area contributed by atoms with E-state index in [0.29, 0.717) is 0 Å². The van der Waals surface area contributed by atoms with Crippen LogP contribution in [0, 0.1) is 0 Å². The van der Waals surface area contributed by atoms with Gasteiger partial charge in [0.15, 0.2) is 0 Å². The first-order valence-electron chi connectivity index (χ1n) is 3.28. The molecule has 0 heteroatoms. The molecule has 1 aliphatic carbocycles. The van der Waals surface area contributed by atoms with Gasteiger partial charge in [-0.2, -0.15) is 0 Å². The number of hydrogen-bond acceptors (Lipinski definition) is 0. The molecule has 0 radical (unpaired) electrons. The highest BCUT2D eigenvalue weighted by Crippen LogP contribution is 2.12. The lowest BCUT2D eigenvalue weighted by atomic mass is 10.2. The number of hydrogen-bond donors (Lipinski definition) is 0. The molecule has 1 aliphatic rings. The van der Waals surface area contributed by atoms with Crippen LogP contribution in [0.2, 0.25) is 0 Å². The van der Waals surface area contributed by atoms with Gasteiger partial charge < -0.3 is 0 Å². The van der Waals surface area contributed by atoms with Crippen LogP contribution in [0.15, 0.2) is 37.0 Å². The van der Waals surface area contributed by atoms with Crippen LogP contribution in [0.5, 0.6) is 0 Å². The van der Waals surface area contributed by atoms with Crippen molar-refractivity contribution in [3.05, 3.63) is 37.0 Å². The average Bonchev–Trinajstić information content (AvgIpc) is 2.43. The molecule has 9 heavy (non-hydrogen) atoms. The highest BCUT2D eigenvalue weighted by Gasteiger charge is 1.91. The molecule has 0 nitrogen and oxygen atoms in total. The molecule has 0 N–H and O–H groups in total. The van der Waals surface area contributed by atoms with Crippen LogP contribution >= 0.6 is 0 Å². The summed E-state index contributed by atoms with van der Waals surface area (Å²) in [6.45, 7) is 8.19. The summed E-state index contributed by atoms with van der Waals surface area (Å²) < 4.78 is 0. The van der Waals surface area contributed by atoms with Gasteiger partial charge in [-0.15, -0.1) is 13.2 Å². The highest BCUT2D eigenvalue weighted by molar-refractivity contribution is 5.22. The van der Waals surface area contributed by atoms with E-state index in [0.717, 1.165) is 0 Å². The second-order valence-corrected chi connectivity index (χ2v) is 1.81. The van der Waals surface area contributed by atoms with Crippen molar-refractivity contribution in [3.8, 4) is 0 Å². The first-order chi connectivity index (χ1) is 4.43. The molecular formula is C9H14. The normalized spacial score (nSPS) is 14.1. The minimum absolute atomic E-state index is 1.19. The summed E-state index contributed by atoms with van der Waals surface area (Å²) >= 11 is 0. The average molecular weight is 122 g/mol. The summed E-state index contributed by atoms with van der Waals surface area (Å²) in [6, 6.07) is 0.